The van der Waals surface area contributed by atoms with Crippen molar-refractivity contribution < 1.29 is 27.4 Å². The van der Waals surface area contributed by atoms with Gasteiger partial charge in [-0.3, -0.25) is 0 Å². The normalized spacial score (nSPS) is 32.8. The van der Waals surface area contributed by atoms with Gasteiger partial charge >= 0.3 is 0 Å². The number of hydrogen-bond donors (Lipinski definition) is 2. The van der Waals surface area contributed by atoms with Crippen molar-refractivity contribution in [3.05, 3.63) is 87.5 Å². The summed E-state index contributed by atoms with van der Waals surface area (Å²) in [6.45, 7) is 3.52. The highest BCUT2D eigenvalue weighted by Gasteiger charge is 2.62. The van der Waals surface area contributed by atoms with E-state index >= 15 is 0 Å². The van der Waals surface area contributed by atoms with E-state index in [1.807, 2.05) is 6.08 Å². The lowest BCUT2D eigenvalue weighted by molar-refractivity contribution is -0.0514. The molecule has 0 bridgehead atoms. The van der Waals surface area contributed by atoms with Crippen molar-refractivity contribution in [2.75, 3.05) is 6.26 Å². The van der Waals surface area contributed by atoms with Gasteiger partial charge in [-0.25, -0.2) is 17.2 Å². The molecule has 7 heteroatoms. The van der Waals surface area contributed by atoms with Gasteiger partial charge in [0.1, 0.15) is 17.2 Å². The first-order chi connectivity index (χ1) is 19.3. The van der Waals surface area contributed by atoms with Crippen LogP contribution in [0, 0.1) is 47.6 Å². The molecule has 6 atom stereocenters. The Labute approximate surface area is 241 Å². The Balaban J connectivity index is 1.45. The molecule has 0 spiro atoms. The van der Waals surface area contributed by atoms with Crippen molar-refractivity contribution in [1.82, 2.24) is 0 Å². The number of benzene rings is 2. The molecule has 1 unspecified atom stereocenters. The van der Waals surface area contributed by atoms with Crippen LogP contribution >= 0.6 is 0 Å². The number of hydrogen-bond acceptors (Lipinski definition) is 4. The summed E-state index contributed by atoms with van der Waals surface area (Å²) in [5.41, 5.74) is 2.87. The van der Waals surface area contributed by atoms with Crippen LogP contribution in [-0.2, 0) is 9.84 Å². The lowest BCUT2D eigenvalue weighted by Gasteiger charge is -2.54. The van der Waals surface area contributed by atoms with Gasteiger partial charge in [-0.15, -0.1) is 0 Å². The average molecular weight is 579 g/mol. The second-order valence-corrected chi connectivity index (χ2v) is 14.7. The van der Waals surface area contributed by atoms with E-state index in [0.29, 0.717) is 30.4 Å². The minimum atomic E-state index is -3.33. The predicted octanol–water partition coefficient (Wildman–Crippen LogP) is 6.15. The summed E-state index contributed by atoms with van der Waals surface area (Å²) in [6.07, 6.45) is 7.51. The lowest BCUT2D eigenvalue weighted by Crippen LogP contribution is -2.51. The molecule has 4 aliphatic carbocycles. The molecule has 0 aromatic heterocycles. The molecule has 2 aromatic carbocycles. The zero-order valence-electron chi connectivity index (χ0n) is 23.7. The van der Waals surface area contributed by atoms with Crippen LogP contribution in [0.4, 0.5) is 8.78 Å². The zero-order valence-corrected chi connectivity index (χ0v) is 24.5. The maximum absolute atomic E-state index is 14.9. The van der Waals surface area contributed by atoms with Gasteiger partial charge < -0.3 is 10.2 Å². The van der Waals surface area contributed by atoms with E-state index in [9.17, 15) is 27.4 Å². The third-order valence-electron chi connectivity index (χ3n) is 10.4. The molecule has 2 fully saturated rings. The molecule has 2 saturated carbocycles. The van der Waals surface area contributed by atoms with E-state index < -0.39 is 38.6 Å². The van der Waals surface area contributed by atoms with Gasteiger partial charge in [-0.05, 0) is 117 Å². The van der Waals surface area contributed by atoms with Crippen molar-refractivity contribution in [2.24, 2.45) is 17.3 Å². The Hall–Kier alpha value is -2.79. The highest BCUT2D eigenvalue weighted by molar-refractivity contribution is 7.90. The molecule has 6 rings (SSSR count). The molecular weight excluding hydrogens is 542 g/mol. The van der Waals surface area contributed by atoms with Crippen LogP contribution < -0.4 is 0 Å². The summed E-state index contributed by atoms with van der Waals surface area (Å²) in [5, 5.41) is 22.5. The van der Waals surface area contributed by atoms with Crippen LogP contribution in [0.2, 0.25) is 0 Å². The number of rotatable bonds is 2. The van der Waals surface area contributed by atoms with Crippen LogP contribution in [0.3, 0.4) is 0 Å². The van der Waals surface area contributed by atoms with Crippen LogP contribution in [0.5, 0.6) is 0 Å². The molecule has 216 valence electrons. The fraction of sp³-hybridized carbons (Fsp3) is 0.471. The van der Waals surface area contributed by atoms with E-state index in [1.165, 1.54) is 42.3 Å². The first-order valence-corrected chi connectivity index (χ1v) is 16.3. The topological polar surface area (TPSA) is 74.6 Å². The molecule has 2 N–H and O–H groups in total. The van der Waals surface area contributed by atoms with Crippen molar-refractivity contribution in [3.8, 4) is 11.8 Å². The Morgan fingerprint density at radius 1 is 1.02 bits per heavy atom. The van der Waals surface area contributed by atoms with Crippen LogP contribution in [0.25, 0.3) is 0 Å². The second kappa shape index (κ2) is 9.90. The van der Waals surface area contributed by atoms with Gasteiger partial charge in [0.15, 0.2) is 9.84 Å². The quantitative estimate of drug-likeness (QED) is 0.419. The van der Waals surface area contributed by atoms with Crippen LogP contribution in [0.1, 0.15) is 74.5 Å². The first kappa shape index (κ1) is 28.3. The standard InChI is InChI=1S/C34H36F2O4S/c1-20-30(35)17-23(18-31(20)36)28-19-33(2)29(27-10-6-22-16-24(37)7-11-26(22)32(27)28)13-15-34(33,38)14-12-21-4-8-25(9-5-21)41(3,39)40/h4-5,8-9,16-18,24,27-29,37-38H,6-7,10-11,13,15,19H2,1-3H3/t24?,27-,28+,29-,33-,34-/m0/s1. The highest BCUT2D eigenvalue weighted by Crippen LogP contribution is 2.66. The molecule has 4 nitrogen and oxygen atoms in total. The summed E-state index contributed by atoms with van der Waals surface area (Å²) < 4.78 is 53.5. The zero-order chi connectivity index (χ0) is 29.3. The van der Waals surface area contributed by atoms with Crippen molar-refractivity contribution >= 4 is 9.84 Å². The van der Waals surface area contributed by atoms with Crippen LogP contribution in [0.15, 0.2) is 64.1 Å². The summed E-state index contributed by atoms with van der Waals surface area (Å²) in [5.74, 6) is 5.17. The molecule has 41 heavy (non-hydrogen) atoms. The number of fused-ring (bicyclic) bond motifs is 4. The van der Waals surface area contributed by atoms with E-state index in [2.05, 4.69) is 18.8 Å². The summed E-state index contributed by atoms with van der Waals surface area (Å²) in [7, 11) is -3.33. The third kappa shape index (κ3) is 4.69. The number of halogens is 2. The number of sulfone groups is 1. The maximum Gasteiger partial charge on any atom is 0.175 e. The van der Waals surface area contributed by atoms with Crippen molar-refractivity contribution in [2.45, 2.75) is 81.3 Å². The van der Waals surface area contributed by atoms with Gasteiger partial charge in [0.2, 0.25) is 0 Å². The molecule has 0 amide bonds. The van der Waals surface area contributed by atoms with Gasteiger partial charge in [-0.2, -0.15) is 0 Å². The van der Waals surface area contributed by atoms with Crippen LogP contribution in [-0.4, -0.2) is 36.6 Å². The molecule has 0 radical (unpaired) electrons. The van der Waals surface area contributed by atoms with Crippen molar-refractivity contribution in [1.29, 1.82) is 0 Å². The Morgan fingerprint density at radius 3 is 2.37 bits per heavy atom. The minimum Gasteiger partial charge on any atom is -0.389 e. The van der Waals surface area contributed by atoms with E-state index in [4.69, 9.17) is 0 Å². The highest BCUT2D eigenvalue weighted by atomic mass is 32.2. The molecular formula is C34H36F2O4S. The number of aliphatic hydroxyl groups is 2. The Bertz CT molecular complexity index is 1620. The SMILES string of the molecule is Cc1c(F)cc([C@H]2C[C@@]3(C)[C@@H](CC[C@@]3(O)C#Cc3ccc(S(C)(=O)=O)cc3)[C@@H]3CCC4=CC(O)CCC4=C32)cc1F. The minimum absolute atomic E-state index is 0.00185. The van der Waals surface area contributed by atoms with Gasteiger partial charge in [0.05, 0.1) is 11.0 Å². The molecule has 0 heterocycles. The Morgan fingerprint density at radius 2 is 1.71 bits per heavy atom. The molecule has 0 aliphatic heterocycles. The van der Waals surface area contributed by atoms with E-state index in [1.54, 1.807) is 12.1 Å². The lowest BCUT2D eigenvalue weighted by atomic mass is 9.51. The Kier molecular flexibility index (Phi) is 6.84. The molecule has 4 aliphatic rings. The molecule has 0 saturated heterocycles. The smallest absolute Gasteiger partial charge is 0.175 e. The summed E-state index contributed by atoms with van der Waals surface area (Å²) in [6, 6.07) is 9.25. The van der Waals surface area contributed by atoms with Crippen molar-refractivity contribution in [3.63, 3.8) is 0 Å². The van der Waals surface area contributed by atoms with E-state index in [0.717, 1.165) is 37.5 Å². The van der Waals surface area contributed by atoms with Gasteiger partial charge in [-0.1, -0.05) is 30.4 Å². The summed E-state index contributed by atoms with van der Waals surface area (Å²) >= 11 is 0. The molecule has 2 aromatic rings. The number of aliphatic hydroxyl groups excluding tert-OH is 1. The average Bonchev–Trinajstić information content (AvgIpc) is 3.19. The third-order valence-corrected chi connectivity index (χ3v) is 11.5. The monoisotopic (exact) mass is 578 g/mol. The predicted molar refractivity (Wildman–Crippen MR) is 154 cm³/mol. The van der Waals surface area contributed by atoms with Gasteiger partial charge in [0, 0.05) is 28.7 Å². The van der Waals surface area contributed by atoms with Gasteiger partial charge in [0.25, 0.3) is 0 Å². The largest absolute Gasteiger partial charge is 0.389 e. The summed E-state index contributed by atoms with van der Waals surface area (Å²) in [4.78, 5) is 0.212. The fourth-order valence-corrected chi connectivity index (χ4v) is 8.74. The second-order valence-electron chi connectivity index (χ2n) is 12.7. The number of allylic oxidation sites excluding steroid dienone is 3. The first-order valence-electron chi connectivity index (χ1n) is 14.4. The maximum atomic E-state index is 14.9. The fourth-order valence-electron chi connectivity index (χ4n) is 8.11. The van der Waals surface area contributed by atoms with E-state index in [-0.39, 0.29) is 28.2 Å².